The molecule has 0 fully saturated rings. The summed E-state index contributed by atoms with van der Waals surface area (Å²) in [5.41, 5.74) is 2.56. The summed E-state index contributed by atoms with van der Waals surface area (Å²) >= 11 is 0. The summed E-state index contributed by atoms with van der Waals surface area (Å²) in [5.74, 6) is 1.86. The maximum absolute atomic E-state index is 13.5. The van der Waals surface area contributed by atoms with Gasteiger partial charge in [0.25, 0.3) is 0 Å². The highest BCUT2D eigenvalue weighted by Gasteiger charge is 2.33. The van der Waals surface area contributed by atoms with E-state index in [0.717, 1.165) is 29.0 Å². The Kier molecular flexibility index (Phi) is 8.09. The van der Waals surface area contributed by atoms with E-state index in [-0.39, 0.29) is 11.5 Å². The highest BCUT2D eigenvalue weighted by atomic mass is 16.5. The highest BCUT2D eigenvalue weighted by Crippen LogP contribution is 2.41. The fourth-order valence-corrected chi connectivity index (χ4v) is 4.17. The van der Waals surface area contributed by atoms with Crippen LogP contribution >= 0.6 is 0 Å². The van der Waals surface area contributed by atoms with Crippen molar-refractivity contribution in [1.82, 2.24) is 0 Å². The average molecular weight is 473 g/mol. The molecule has 0 aromatic heterocycles. The second kappa shape index (κ2) is 11.6. The topological polar surface area (TPSA) is 65.0 Å². The number of benzene rings is 3. The van der Waals surface area contributed by atoms with Gasteiger partial charge in [-0.3, -0.25) is 4.79 Å². The van der Waals surface area contributed by atoms with Crippen LogP contribution in [0.1, 0.15) is 66.6 Å². The molecule has 1 unspecified atom stereocenters. The average Bonchev–Trinajstić information content (AvgIpc) is 2.89. The monoisotopic (exact) mass is 472 g/mol. The van der Waals surface area contributed by atoms with Crippen LogP contribution < -0.4 is 14.2 Å². The lowest BCUT2D eigenvalue weighted by Gasteiger charge is -2.28. The third-order valence-electron chi connectivity index (χ3n) is 6.13. The van der Waals surface area contributed by atoms with Crippen molar-refractivity contribution in [2.24, 2.45) is 0 Å². The van der Waals surface area contributed by atoms with E-state index in [1.54, 1.807) is 13.2 Å². The molecule has 1 aliphatic heterocycles. The molecular weight excluding hydrogens is 440 g/mol. The minimum atomic E-state index is -0.579. The number of hydrogen-bond acceptors (Lipinski definition) is 5. The molecule has 0 bridgehead atoms. The van der Waals surface area contributed by atoms with E-state index in [1.165, 1.54) is 37.8 Å². The van der Waals surface area contributed by atoms with Crippen molar-refractivity contribution in [2.75, 3.05) is 13.7 Å². The Morgan fingerprint density at radius 2 is 1.63 bits per heavy atom. The van der Waals surface area contributed by atoms with Crippen molar-refractivity contribution in [2.45, 2.75) is 45.1 Å². The van der Waals surface area contributed by atoms with E-state index < -0.39 is 6.10 Å². The summed E-state index contributed by atoms with van der Waals surface area (Å²) in [5, 5.41) is 9.93. The summed E-state index contributed by atoms with van der Waals surface area (Å²) < 4.78 is 17.4. The van der Waals surface area contributed by atoms with Gasteiger partial charge in [-0.1, -0.05) is 56.9 Å². The zero-order valence-corrected chi connectivity index (χ0v) is 20.3. The van der Waals surface area contributed by atoms with Crippen molar-refractivity contribution in [1.29, 1.82) is 0 Å². The first-order chi connectivity index (χ1) is 17.1. The van der Waals surface area contributed by atoms with Gasteiger partial charge in [-0.25, -0.2) is 0 Å². The zero-order valence-electron chi connectivity index (χ0n) is 20.3. The Labute approximate surface area is 207 Å². The molecule has 0 aliphatic carbocycles. The predicted molar refractivity (Wildman–Crippen MR) is 137 cm³/mol. The van der Waals surface area contributed by atoms with E-state index in [1.807, 2.05) is 54.6 Å². The van der Waals surface area contributed by atoms with Crippen LogP contribution in [0.2, 0.25) is 0 Å². The van der Waals surface area contributed by atoms with Crippen molar-refractivity contribution < 1.29 is 24.1 Å². The molecule has 0 radical (unpaired) electrons. The first-order valence-corrected chi connectivity index (χ1v) is 12.2. The van der Waals surface area contributed by atoms with E-state index in [9.17, 15) is 9.90 Å². The lowest BCUT2D eigenvalue weighted by molar-refractivity contribution is 0.0963. The number of Topliss-reactive ketones (excluding diaryl/α,β-unsaturated/α-hetero) is 1. The number of methoxy groups -OCH3 is 1. The van der Waals surface area contributed by atoms with Crippen LogP contribution in [0.4, 0.5) is 0 Å². The number of aromatic hydroxyl groups is 1. The van der Waals surface area contributed by atoms with E-state index in [4.69, 9.17) is 14.2 Å². The molecule has 3 aromatic carbocycles. The van der Waals surface area contributed by atoms with Gasteiger partial charge in [-0.15, -0.1) is 0 Å². The lowest BCUT2D eigenvalue weighted by atomic mass is 9.89. The van der Waals surface area contributed by atoms with Crippen LogP contribution in [0, 0.1) is 0 Å². The van der Waals surface area contributed by atoms with E-state index >= 15 is 0 Å². The SMILES string of the molecule is CCCCCCCOc1ccc(C2Oc3ccc(O)cc3C(=O)C2=Cc2ccc(OC)cc2)cc1. The number of ether oxygens (including phenoxy) is 3. The number of hydrogen-bond donors (Lipinski definition) is 1. The van der Waals surface area contributed by atoms with Gasteiger partial charge in [0.15, 0.2) is 11.9 Å². The van der Waals surface area contributed by atoms with E-state index in [2.05, 4.69) is 6.92 Å². The number of fused-ring (bicyclic) bond motifs is 1. The van der Waals surface area contributed by atoms with Crippen LogP contribution in [-0.2, 0) is 0 Å². The van der Waals surface area contributed by atoms with Gasteiger partial charge in [0.05, 0.1) is 19.3 Å². The quantitative estimate of drug-likeness (QED) is 0.251. The smallest absolute Gasteiger partial charge is 0.196 e. The van der Waals surface area contributed by atoms with Gasteiger partial charge in [0.1, 0.15) is 23.0 Å². The van der Waals surface area contributed by atoms with Gasteiger partial charge >= 0.3 is 0 Å². The Morgan fingerprint density at radius 1 is 0.914 bits per heavy atom. The molecule has 1 N–H and O–H groups in total. The standard InChI is InChI=1S/C30H32O5/c1-3-4-5-6-7-18-34-25-15-10-22(11-16-25)30-27(19-21-8-13-24(33-2)14-9-21)29(32)26-20-23(31)12-17-28(26)35-30/h8-17,19-20,30-31H,3-7,18H2,1-2H3. The van der Waals surface area contributed by atoms with Crippen molar-refractivity contribution in [3.05, 3.63) is 89.0 Å². The number of unbranched alkanes of at least 4 members (excludes halogenated alkanes) is 4. The number of carbonyl (C=O) groups is 1. The Hall–Kier alpha value is -3.73. The summed E-state index contributed by atoms with van der Waals surface area (Å²) in [7, 11) is 1.62. The van der Waals surface area contributed by atoms with Gasteiger partial charge in [0, 0.05) is 5.57 Å². The minimum absolute atomic E-state index is 0.0270. The molecule has 1 atom stereocenters. The summed E-state index contributed by atoms with van der Waals surface area (Å²) in [6.07, 6.45) is 7.22. The minimum Gasteiger partial charge on any atom is -0.508 e. The fraction of sp³-hybridized carbons (Fsp3) is 0.300. The maximum atomic E-state index is 13.5. The number of ketones is 1. The van der Waals surface area contributed by atoms with Gasteiger partial charge in [-0.2, -0.15) is 0 Å². The second-order valence-corrected chi connectivity index (χ2v) is 8.71. The number of carbonyl (C=O) groups excluding carboxylic acids is 1. The van der Waals surface area contributed by atoms with Crippen LogP contribution in [-0.4, -0.2) is 24.6 Å². The van der Waals surface area contributed by atoms with Crippen LogP contribution in [0.5, 0.6) is 23.0 Å². The van der Waals surface area contributed by atoms with Crippen LogP contribution in [0.3, 0.4) is 0 Å². The normalized spacial score (nSPS) is 16.0. The molecule has 1 heterocycles. The van der Waals surface area contributed by atoms with Crippen molar-refractivity contribution in [3.8, 4) is 23.0 Å². The van der Waals surface area contributed by atoms with Gasteiger partial charge in [-0.05, 0) is 66.1 Å². The molecule has 5 heteroatoms. The lowest BCUT2D eigenvalue weighted by Crippen LogP contribution is -2.23. The zero-order chi connectivity index (χ0) is 24.6. The molecule has 0 amide bonds. The van der Waals surface area contributed by atoms with E-state index in [0.29, 0.717) is 23.5 Å². The molecule has 1 aliphatic rings. The third kappa shape index (κ3) is 6.04. The summed E-state index contributed by atoms with van der Waals surface area (Å²) in [4.78, 5) is 13.5. The molecule has 5 nitrogen and oxygen atoms in total. The van der Waals surface area contributed by atoms with Crippen LogP contribution in [0.25, 0.3) is 6.08 Å². The van der Waals surface area contributed by atoms with Crippen molar-refractivity contribution >= 4 is 11.9 Å². The Bertz CT molecular complexity index is 1160. The van der Waals surface area contributed by atoms with Gasteiger partial charge < -0.3 is 19.3 Å². The molecule has 0 spiro atoms. The Balaban J connectivity index is 1.57. The molecular formula is C30H32O5. The maximum Gasteiger partial charge on any atom is 0.196 e. The first kappa shape index (κ1) is 24.4. The first-order valence-electron chi connectivity index (χ1n) is 12.2. The van der Waals surface area contributed by atoms with Gasteiger partial charge in [0.2, 0.25) is 0 Å². The predicted octanol–water partition coefficient (Wildman–Crippen LogP) is 7.15. The number of phenols is 1. The van der Waals surface area contributed by atoms with Crippen molar-refractivity contribution in [3.63, 3.8) is 0 Å². The summed E-state index contributed by atoms with van der Waals surface area (Å²) in [6.45, 7) is 2.91. The Morgan fingerprint density at radius 3 is 2.34 bits per heavy atom. The molecule has 35 heavy (non-hydrogen) atoms. The highest BCUT2D eigenvalue weighted by molar-refractivity contribution is 6.14. The molecule has 3 aromatic rings. The molecule has 182 valence electrons. The number of rotatable bonds is 10. The largest absolute Gasteiger partial charge is 0.508 e. The number of phenolic OH excluding ortho intramolecular Hbond substituents is 1. The van der Waals surface area contributed by atoms with Crippen LogP contribution in [0.15, 0.2) is 72.3 Å². The second-order valence-electron chi connectivity index (χ2n) is 8.71. The molecule has 4 rings (SSSR count). The molecule has 0 saturated carbocycles. The fourth-order valence-electron chi connectivity index (χ4n) is 4.17. The third-order valence-corrected chi connectivity index (χ3v) is 6.13. The molecule has 0 saturated heterocycles. The summed E-state index contributed by atoms with van der Waals surface area (Å²) in [6, 6.07) is 19.8.